The van der Waals surface area contributed by atoms with Crippen LogP contribution in [0, 0.1) is 6.92 Å². The van der Waals surface area contributed by atoms with Crippen molar-refractivity contribution in [3.63, 3.8) is 0 Å². The zero-order valence-corrected chi connectivity index (χ0v) is 10.0. The average Bonchev–Trinajstić information content (AvgIpc) is 2.29. The Bertz CT molecular complexity index is 354. The number of azo groups is 1. The molecule has 0 saturated heterocycles. The SMILES string of the molecule is CN/C=C\N(C)CN=Nc1ccc(C)cc1. The molecule has 0 bridgehead atoms. The summed E-state index contributed by atoms with van der Waals surface area (Å²) < 4.78 is 0. The minimum absolute atomic E-state index is 0.548. The summed E-state index contributed by atoms with van der Waals surface area (Å²) in [6.07, 6.45) is 3.76. The molecule has 0 aliphatic rings. The average molecular weight is 218 g/mol. The molecule has 0 atom stereocenters. The van der Waals surface area contributed by atoms with Gasteiger partial charge in [-0.05, 0) is 19.1 Å². The molecule has 1 N–H and O–H groups in total. The van der Waals surface area contributed by atoms with Gasteiger partial charge in [-0.1, -0.05) is 17.7 Å². The molecule has 86 valence electrons. The van der Waals surface area contributed by atoms with E-state index in [9.17, 15) is 0 Å². The number of nitrogens with one attached hydrogen (secondary N) is 1. The molecule has 0 heterocycles. The second-order valence-electron chi connectivity index (χ2n) is 3.58. The van der Waals surface area contributed by atoms with Crippen LogP contribution in [-0.2, 0) is 0 Å². The lowest BCUT2D eigenvalue weighted by molar-refractivity contribution is 0.460. The Morgan fingerprint density at radius 3 is 2.62 bits per heavy atom. The minimum Gasteiger partial charge on any atom is -0.393 e. The molecular formula is C12H18N4. The number of benzene rings is 1. The highest BCUT2D eigenvalue weighted by Crippen LogP contribution is 2.12. The smallest absolute Gasteiger partial charge is 0.131 e. The zero-order chi connectivity index (χ0) is 11.8. The molecular weight excluding hydrogens is 200 g/mol. The second-order valence-corrected chi connectivity index (χ2v) is 3.58. The third kappa shape index (κ3) is 4.59. The lowest BCUT2D eigenvalue weighted by Crippen LogP contribution is -2.11. The van der Waals surface area contributed by atoms with E-state index < -0.39 is 0 Å². The molecule has 1 aromatic rings. The summed E-state index contributed by atoms with van der Waals surface area (Å²) in [4.78, 5) is 1.94. The van der Waals surface area contributed by atoms with Gasteiger partial charge in [-0.3, -0.25) is 0 Å². The summed E-state index contributed by atoms with van der Waals surface area (Å²) in [5, 5.41) is 11.1. The van der Waals surface area contributed by atoms with Crippen LogP contribution in [0.15, 0.2) is 46.9 Å². The molecule has 1 rings (SSSR count). The number of rotatable bonds is 5. The Kier molecular flexibility index (Phi) is 5.05. The standard InChI is InChI=1S/C12H18N4/c1-11-4-6-12(7-5-11)15-14-10-16(3)9-8-13-2/h4-9,13H,10H2,1-3H3/b9-8-,15-14?. The monoisotopic (exact) mass is 218 g/mol. The van der Waals surface area contributed by atoms with Crippen molar-refractivity contribution in [1.29, 1.82) is 0 Å². The van der Waals surface area contributed by atoms with Crippen LogP contribution in [0.5, 0.6) is 0 Å². The Labute approximate surface area is 96.7 Å². The van der Waals surface area contributed by atoms with Crippen LogP contribution in [0.1, 0.15) is 5.56 Å². The van der Waals surface area contributed by atoms with Gasteiger partial charge in [0.2, 0.25) is 0 Å². The normalized spacial score (nSPS) is 11.2. The molecule has 0 fully saturated rings. The van der Waals surface area contributed by atoms with Crippen LogP contribution >= 0.6 is 0 Å². The largest absolute Gasteiger partial charge is 0.393 e. The minimum atomic E-state index is 0.548. The molecule has 1 aromatic carbocycles. The molecule has 0 saturated carbocycles. The second kappa shape index (κ2) is 6.61. The molecule has 4 heteroatoms. The highest BCUT2D eigenvalue weighted by molar-refractivity contribution is 5.37. The van der Waals surface area contributed by atoms with E-state index in [0.717, 1.165) is 5.69 Å². The lowest BCUT2D eigenvalue weighted by atomic mass is 10.2. The van der Waals surface area contributed by atoms with E-state index >= 15 is 0 Å². The van der Waals surface area contributed by atoms with Gasteiger partial charge in [0.15, 0.2) is 0 Å². The number of hydrogen-bond acceptors (Lipinski definition) is 4. The first-order valence-corrected chi connectivity index (χ1v) is 5.20. The summed E-state index contributed by atoms with van der Waals surface area (Å²) >= 11 is 0. The van der Waals surface area contributed by atoms with Crippen molar-refractivity contribution in [2.24, 2.45) is 10.2 Å². The number of hydrogen-bond donors (Lipinski definition) is 1. The molecule has 0 aromatic heterocycles. The van der Waals surface area contributed by atoms with Crippen molar-refractivity contribution in [1.82, 2.24) is 10.2 Å². The van der Waals surface area contributed by atoms with Crippen molar-refractivity contribution in [3.05, 3.63) is 42.2 Å². The fourth-order valence-corrected chi connectivity index (χ4v) is 1.07. The first kappa shape index (κ1) is 12.2. The van der Waals surface area contributed by atoms with Gasteiger partial charge in [0.1, 0.15) is 6.67 Å². The maximum atomic E-state index is 4.12. The van der Waals surface area contributed by atoms with Gasteiger partial charge in [-0.25, -0.2) is 0 Å². The van der Waals surface area contributed by atoms with Gasteiger partial charge in [0.25, 0.3) is 0 Å². The Morgan fingerprint density at radius 2 is 2.00 bits per heavy atom. The van der Waals surface area contributed by atoms with Gasteiger partial charge in [-0.2, -0.15) is 10.2 Å². The van der Waals surface area contributed by atoms with Crippen LogP contribution in [0.25, 0.3) is 0 Å². The van der Waals surface area contributed by atoms with E-state index in [1.807, 2.05) is 55.7 Å². The molecule has 0 radical (unpaired) electrons. The van der Waals surface area contributed by atoms with Gasteiger partial charge in [0, 0.05) is 26.5 Å². The summed E-state index contributed by atoms with van der Waals surface area (Å²) in [6, 6.07) is 7.97. The quantitative estimate of drug-likeness (QED) is 0.772. The Morgan fingerprint density at radius 1 is 1.31 bits per heavy atom. The van der Waals surface area contributed by atoms with Crippen molar-refractivity contribution in [3.8, 4) is 0 Å². The lowest BCUT2D eigenvalue weighted by Gasteiger charge is -2.08. The van der Waals surface area contributed by atoms with Crippen molar-refractivity contribution < 1.29 is 0 Å². The van der Waals surface area contributed by atoms with E-state index in [1.165, 1.54) is 5.56 Å². The van der Waals surface area contributed by atoms with E-state index in [0.29, 0.717) is 6.67 Å². The third-order valence-corrected chi connectivity index (χ3v) is 2.00. The van der Waals surface area contributed by atoms with E-state index in [4.69, 9.17) is 0 Å². The first-order valence-electron chi connectivity index (χ1n) is 5.20. The summed E-state index contributed by atoms with van der Waals surface area (Å²) in [6.45, 7) is 2.60. The molecule has 0 aliphatic heterocycles. The summed E-state index contributed by atoms with van der Waals surface area (Å²) in [5.41, 5.74) is 2.12. The third-order valence-electron chi connectivity index (χ3n) is 2.00. The van der Waals surface area contributed by atoms with Crippen molar-refractivity contribution >= 4 is 5.69 Å². The molecule has 0 aliphatic carbocycles. The van der Waals surface area contributed by atoms with E-state index in [1.54, 1.807) is 0 Å². The predicted octanol–water partition coefficient (Wildman–Crippen LogP) is 2.66. The fraction of sp³-hybridized carbons (Fsp3) is 0.333. The number of nitrogens with zero attached hydrogens (tertiary/aromatic N) is 3. The van der Waals surface area contributed by atoms with Crippen LogP contribution < -0.4 is 5.32 Å². The molecule has 0 unspecified atom stereocenters. The van der Waals surface area contributed by atoms with E-state index in [2.05, 4.69) is 22.5 Å². The topological polar surface area (TPSA) is 40.0 Å². The molecule has 0 amide bonds. The highest BCUT2D eigenvalue weighted by Gasteiger charge is 1.89. The predicted molar refractivity (Wildman–Crippen MR) is 66.5 cm³/mol. The Balaban J connectivity index is 2.42. The number of aryl methyl sites for hydroxylation is 1. The van der Waals surface area contributed by atoms with Gasteiger partial charge in [-0.15, -0.1) is 0 Å². The van der Waals surface area contributed by atoms with Gasteiger partial charge in [0.05, 0.1) is 5.69 Å². The highest BCUT2D eigenvalue weighted by atomic mass is 15.2. The maximum absolute atomic E-state index is 4.12. The summed E-state index contributed by atoms with van der Waals surface area (Å²) in [7, 11) is 3.81. The molecule has 0 spiro atoms. The fourth-order valence-electron chi connectivity index (χ4n) is 1.07. The van der Waals surface area contributed by atoms with Crippen LogP contribution in [0.4, 0.5) is 5.69 Å². The van der Waals surface area contributed by atoms with Crippen LogP contribution in [0.2, 0.25) is 0 Å². The molecule has 4 nitrogen and oxygen atoms in total. The van der Waals surface area contributed by atoms with Crippen molar-refractivity contribution in [2.75, 3.05) is 20.8 Å². The van der Waals surface area contributed by atoms with Crippen LogP contribution in [0.3, 0.4) is 0 Å². The van der Waals surface area contributed by atoms with Gasteiger partial charge < -0.3 is 10.2 Å². The van der Waals surface area contributed by atoms with Crippen LogP contribution in [-0.4, -0.2) is 25.7 Å². The first-order chi connectivity index (χ1) is 7.72. The molecule has 16 heavy (non-hydrogen) atoms. The van der Waals surface area contributed by atoms with Gasteiger partial charge >= 0.3 is 0 Å². The maximum Gasteiger partial charge on any atom is 0.131 e. The zero-order valence-electron chi connectivity index (χ0n) is 10.0. The Hall–Kier alpha value is -1.84. The van der Waals surface area contributed by atoms with E-state index in [-0.39, 0.29) is 0 Å². The van der Waals surface area contributed by atoms with Crippen molar-refractivity contribution in [2.45, 2.75) is 6.92 Å². The summed E-state index contributed by atoms with van der Waals surface area (Å²) in [5.74, 6) is 0.